The fourth-order valence-corrected chi connectivity index (χ4v) is 1.25. The van der Waals surface area contributed by atoms with Crippen molar-refractivity contribution in [3.8, 4) is 0 Å². The Labute approximate surface area is 103 Å². The van der Waals surface area contributed by atoms with Crippen molar-refractivity contribution in [1.82, 2.24) is 0 Å². The molecule has 0 atom stereocenters. The Morgan fingerprint density at radius 3 is 2.33 bits per heavy atom. The number of rotatable bonds is 4. The summed E-state index contributed by atoms with van der Waals surface area (Å²) >= 11 is 0. The maximum atomic E-state index is 10.4. The predicted octanol–water partition coefficient (Wildman–Crippen LogP) is -0.275. The third-order valence-electron chi connectivity index (χ3n) is 2.07. The van der Waals surface area contributed by atoms with E-state index in [0.29, 0.717) is 13.0 Å². The van der Waals surface area contributed by atoms with Crippen LogP contribution in [0.3, 0.4) is 0 Å². The molecule has 0 saturated heterocycles. The van der Waals surface area contributed by atoms with Crippen molar-refractivity contribution in [3.05, 3.63) is 39.9 Å². The summed E-state index contributed by atoms with van der Waals surface area (Å²) in [4.78, 5) is 17.5. The molecule has 0 aliphatic carbocycles. The smallest absolute Gasteiger partial charge is 0.269 e. The van der Waals surface area contributed by atoms with Crippen LogP contribution in [-0.4, -0.2) is 23.4 Å². The van der Waals surface area contributed by atoms with E-state index < -0.39 is 4.92 Å². The molecule has 18 heavy (non-hydrogen) atoms. The van der Waals surface area contributed by atoms with Crippen molar-refractivity contribution in [1.29, 1.82) is 0 Å². The van der Waals surface area contributed by atoms with Crippen LogP contribution in [0.4, 0.5) is 5.69 Å². The molecule has 6 N–H and O–H groups in total. The number of aliphatic imine (C=N–C) groups is 2. The minimum absolute atomic E-state index is 0.0110. The largest absolute Gasteiger partial charge is 0.370 e. The number of nitro benzene ring substituents is 1. The molecule has 0 amide bonds. The average molecular weight is 250 g/mol. The van der Waals surface area contributed by atoms with Gasteiger partial charge in [-0.15, -0.1) is 0 Å². The van der Waals surface area contributed by atoms with Gasteiger partial charge in [-0.25, -0.2) is 0 Å². The number of nitrogens with two attached hydrogens (primary N) is 3. The number of nitrogens with zero attached hydrogens (tertiary/aromatic N) is 3. The molecule has 1 rings (SSSR count). The molecule has 8 nitrogen and oxygen atoms in total. The highest BCUT2D eigenvalue weighted by Crippen LogP contribution is 2.12. The first kappa shape index (κ1) is 13.4. The second-order valence-electron chi connectivity index (χ2n) is 3.45. The fraction of sp³-hybridized carbons (Fsp3) is 0.200. The molecule has 0 bridgehead atoms. The molecule has 0 radical (unpaired) electrons. The zero-order chi connectivity index (χ0) is 13.5. The van der Waals surface area contributed by atoms with Crippen LogP contribution >= 0.6 is 0 Å². The Balaban J connectivity index is 2.54. The van der Waals surface area contributed by atoms with Gasteiger partial charge in [0.15, 0.2) is 5.96 Å². The first-order valence-electron chi connectivity index (χ1n) is 5.12. The molecular weight excluding hydrogens is 236 g/mol. The van der Waals surface area contributed by atoms with Gasteiger partial charge >= 0.3 is 0 Å². The summed E-state index contributed by atoms with van der Waals surface area (Å²) < 4.78 is 0. The molecule has 96 valence electrons. The van der Waals surface area contributed by atoms with Crippen molar-refractivity contribution >= 4 is 17.6 Å². The van der Waals surface area contributed by atoms with Crippen LogP contribution in [0.15, 0.2) is 34.3 Å². The lowest BCUT2D eigenvalue weighted by atomic mass is 10.1. The van der Waals surface area contributed by atoms with Crippen LogP contribution < -0.4 is 17.2 Å². The zero-order valence-corrected chi connectivity index (χ0v) is 9.61. The normalized spacial score (nSPS) is 11.0. The molecule has 0 heterocycles. The van der Waals surface area contributed by atoms with E-state index in [1.165, 1.54) is 12.1 Å². The summed E-state index contributed by atoms with van der Waals surface area (Å²) in [5, 5.41) is 10.4. The molecule has 0 aliphatic heterocycles. The summed E-state index contributed by atoms with van der Waals surface area (Å²) in [6.45, 7) is 0.403. The number of hydrogen-bond donors (Lipinski definition) is 3. The van der Waals surface area contributed by atoms with Crippen LogP contribution in [0, 0.1) is 10.1 Å². The zero-order valence-electron chi connectivity index (χ0n) is 9.61. The van der Waals surface area contributed by atoms with E-state index in [1.54, 1.807) is 12.1 Å². The first-order chi connectivity index (χ1) is 8.49. The van der Waals surface area contributed by atoms with E-state index >= 15 is 0 Å². The molecule has 0 aromatic heterocycles. The van der Waals surface area contributed by atoms with Crippen LogP contribution in [0.25, 0.3) is 0 Å². The molecule has 0 saturated carbocycles. The van der Waals surface area contributed by atoms with Crippen molar-refractivity contribution < 1.29 is 4.92 Å². The third-order valence-corrected chi connectivity index (χ3v) is 2.07. The highest BCUT2D eigenvalue weighted by molar-refractivity contribution is 5.92. The second kappa shape index (κ2) is 6.18. The van der Waals surface area contributed by atoms with Gasteiger partial charge in [0.05, 0.1) is 4.92 Å². The van der Waals surface area contributed by atoms with Crippen molar-refractivity contribution in [3.63, 3.8) is 0 Å². The topological polar surface area (TPSA) is 146 Å². The fourth-order valence-electron chi connectivity index (χ4n) is 1.25. The molecule has 0 spiro atoms. The monoisotopic (exact) mass is 250 g/mol. The number of nitro groups is 1. The molecular formula is C10H14N6O2. The van der Waals surface area contributed by atoms with Gasteiger partial charge in [0.2, 0.25) is 5.96 Å². The van der Waals surface area contributed by atoms with Crippen molar-refractivity contribution in [2.24, 2.45) is 27.2 Å². The highest BCUT2D eigenvalue weighted by atomic mass is 16.6. The highest BCUT2D eigenvalue weighted by Gasteiger charge is 2.03. The lowest BCUT2D eigenvalue weighted by molar-refractivity contribution is -0.384. The lowest BCUT2D eigenvalue weighted by Gasteiger charge is -1.98. The molecule has 1 aromatic carbocycles. The van der Waals surface area contributed by atoms with Gasteiger partial charge in [0.25, 0.3) is 5.69 Å². The minimum Gasteiger partial charge on any atom is -0.370 e. The first-order valence-corrected chi connectivity index (χ1v) is 5.12. The quantitative estimate of drug-likeness (QED) is 0.291. The van der Waals surface area contributed by atoms with E-state index in [0.717, 1.165) is 5.56 Å². The van der Waals surface area contributed by atoms with Gasteiger partial charge < -0.3 is 17.2 Å². The summed E-state index contributed by atoms with van der Waals surface area (Å²) in [5.41, 5.74) is 16.6. The Morgan fingerprint density at radius 2 is 1.83 bits per heavy atom. The van der Waals surface area contributed by atoms with Gasteiger partial charge in [-0.1, -0.05) is 12.1 Å². The SMILES string of the molecule is NC(N)=NC(N)=NCCc1ccc([N+](=O)[O-])cc1. The van der Waals surface area contributed by atoms with Crippen LogP contribution in [-0.2, 0) is 6.42 Å². The molecule has 0 aliphatic rings. The standard InChI is InChI=1S/C10H14N6O2/c11-9(12)15-10(13)14-6-5-7-1-3-8(4-2-7)16(17)18/h1-4H,5-6H2,(H6,11,12,13,14,15). The second-order valence-corrected chi connectivity index (χ2v) is 3.45. The van der Waals surface area contributed by atoms with Crippen molar-refractivity contribution in [2.45, 2.75) is 6.42 Å². The van der Waals surface area contributed by atoms with E-state index in [4.69, 9.17) is 17.2 Å². The maximum absolute atomic E-state index is 10.4. The average Bonchev–Trinajstić information content (AvgIpc) is 2.28. The van der Waals surface area contributed by atoms with Crippen LogP contribution in [0.1, 0.15) is 5.56 Å². The Kier molecular flexibility index (Phi) is 4.61. The summed E-state index contributed by atoms with van der Waals surface area (Å²) in [6.07, 6.45) is 0.596. The van der Waals surface area contributed by atoms with E-state index in [2.05, 4.69) is 9.98 Å². The molecule has 0 fully saturated rings. The van der Waals surface area contributed by atoms with E-state index in [-0.39, 0.29) is 17.6 Å². The number of non-ortho nitro benzene ring substituents is 1. The van der Waals surface area contributed by atoms with Crippen molar-refractivity contribution in [2.75, 3.05) is 6.54 Å². The van der Waals surface area contributed by atoms with Gasteiger partial charge in [0.1, 0.15) is 0 Å². The Bertz CT molecular complexity index is 476. The third kappa shape index (κ3) is 4.47. The van der Waals surface area contributed by atoms with Gasteiger partial charge in [0, 0.05) is 18.7 Å². The summed E-state index contributed by atoms with van der Waals surface area (Å²) in [7, 11) is 0. The van der Waals surface area contributed by atoms with Crippen LogP contribution in [0.2, 0.25) is 0 Å². The molecule has 8 heteroatoms. The molecule has 1 aromatic rings. The maximum Gasteiger partial charge on any atom is 0.269 e. The Hall–Kier alpha value is -2.64. The lowest BCUT2D eigenvalue weighted by Crippen LogP contribution is -2.26. The summed E-state index contributed by atoms with van der Waals surface area (Å²) in [6, 6.07) is 6.23. The van der Waals surface area contributed by atoms with Gasteiger partial charge in [-0.05, 0) is 12.0 Å². The van der Waals surface area contributed by atoms with E-state index in [1.807, 2.05) is 0 Å². The minimum atomic E-state index is -0.446. The number of guanidine groups is 2. The summed E-state index contributed by atoms with van der Waals surface area (Å²) in [5.74, 6) is -0.136. The van der Waals surface area contributed by atoms with Gasteiger partial charge in [-0.2, -0.15) is 4.99 Å². The van der Waals surface area contributed by atoms with E-state index in [9.17, 15) is 10.1 Å². The molecule has 0 unspecified atom stereocenters. The number of benzene rings is 1. The van der Waals surface area contributed by atoms with Gasteiger partial charge in [-0.3, -0.25) is 15.1 Å². The van der Waals surface area contributed by atoms with Crippen LogP contribution in [0.5, 0.6) is 0 Å². The Morgan fingerprint density at radius 1 is 1.22 bits per heavy atom. The predicted molar refractivity (Wildman–Crippen MR) is 69.1 cm³/mol. The number of hydrogen-bond acceptors (Lipinski definition) is 3.